The number of esters is 2. The number of likely N-dealkylation sites (N-methyl/N-ethyl adjacent to an activating group) is 1. The maximum absolute atomic E-state index is 12.8. The van der Waals surface area contributed by atoms with Crippen LogP contribution in [0.15, 0.2) is 0 Å². The fraction of sp³-hybridized carbons (Fsp3) is 0.942. The number of rotatable bonds is 49. The third-order valence-electron chi connectivity index (χ3n) is 11.9. The molecule has 0 aromatic heterocycles. The molecule has 0 saturated carbocycles. The van der Waals surface area contributed by atoms with Crippen LogP contribution in [0.25, 0.3) is 0 Å². The maximum atomic E-state index is 12.8. The van der Waals surface area contributed by atoms with E-state index in [1.54, 1.807) is 0 Å². The minimum atomic E-state index is -1.61. The number of quaternary nitrogens is 1. The van der Waals surface area contributed by atoms with Gasteiger partial charge in [0.15, 0.2) is 12.4 Å². The summed E-state index contributed by atoms with van der Waals surface area (Å²) < 4.78 is 22.5. The molecule has 9 heteroatoms. The molecule has 0 spiro atoms. The van der Waals surface area contributed by atoms with Crippen LogP contribution >= 0.6 is 0 Å². The molecule has 2 unspecified atom stereocenters. The van der Waals surface area contributed by atoms with Gasteiger partial charge in [0.25, 0.3) is 0 Å². The molecule has 0 aliphatic heterocycles. The topological polar surface area (TPSA) is 111 Å². The van der Waals surface area contributed by atoms with Crippen molar-refractivity contribution >= 4 is 17.9 Å². The van der Waals surface area contributed by atoms with Crippen LogP contribution < -0.4 is 5.11 Å². The average molecular weight is 868 g/mol. The normalized spacial score (nSPS) is 12.7. The largest absolute Gasteiger partial charge is 0.545 e. The molecule has 0 aromatic carbocycles. The summed E-state index contributed by atoms with van der Waals surface area (Å²) in [6, 6.07) is 0. The molecule has 0 aliphatic rings. The van der Waals surface area contributed by atoms with Crippen LogP contribution in [0.2, 0.25) is 0 Å². The van der Waals surface area contributed by atoms with Gasteiger partial charge in [-0.3, -0.25) is 9.59 Å². The molecule has 61 heavy (non-hydrogen) atoms. The number of carbonyl (C=O) groups excluding carboxylic acids is 3. The molecule has 362 valence electrons. The summed E-state index contributed by atoms with van der Waals surface area (Å²) >= 11 is 0. The smallest absolute Gasteiger partial charge is 0.306 e. The second kappa shape index (κ2) is 44.9. The molecule has 0 aromatic rings. The van der Waals surface area contributed by atoms with Crippen molar-refractivity contribution in [3.63, 3.8) is 0 Å². The maximum Gasteiger partial charge on any atom is 0.306 e. The first-order valence-corrected chi connectivity index (χ1v) is 26.2. The lowest BCUT2D eigenvalue weighted by atomic mass is 10.0. The molecular formula is C52H101NO8. The van der Waals surface area contributed by atoms with E-state index >= 15 is 0 Å². The van der Waals surface area contributed by atoms with Crippen molar-refractivity contribution in [2.24, 2.45) is 0 Å². The Bertz CT molecular complexity index is 970. The fourth-order valence-corrected chi connectivity index (χ4v) is 7.77. The van der Waals surface area contributed by atoms with Crippen LogP contribution in [0, 0.1) is 0 Å². The number of carboxylic acid groups (broad SMARTS) is 1. The molecule has 0 fully saturated rings. The van der Waals surface area contributed by atoms with Gasteiger partial charge in [-0.1, -0.05) is 232 Å². The zero-order valence-corrected chi connectivity index (χ0v) is 41.1. The number of unbranched alkanes of at least 4 members (excludes halogenated alkanes) is 34. The number of nitrogens with zero attached hydrogens (tertiary/aromatic N) is 1. The first kappa shape index (κ1) is 59.3. The highest BCUT2D eigenvalue weighted by Crippen LogP contribution is 2.17. The van der Waals surface area contributed by atoms with Crippen LogP contribution in [-0.4, -0.2) is 82.3 Å². The molecule has 0 bridgehead atoms. The second-order valence-electron chi connectivity index (χ2n) is 19.2. The summed E-state index contributed by atoms with van der Waals surface area (Å²) in [7, 11) is 5.92. The van der Waals surface area contributed by atoms with Gasteiger partial charge in [0.2, 0.25) is 0 Å². The zero-order chi connectivity index (χ0) is 44.9. The minimum Gasteiger partial charge on any atom is -0.545 e. The summed E-state index contributed by atoms with van der Waals surface area (Å²) in [5.74, 6) is -2.27. The van der Waals surface area contributed by atoms with Crippen molar-refractivity contribution in [3.8, 4) is 0 Å². The predicted octanol–water partition coefficient (Wildman–Crippen LogP) is 13.1. The fourth-order valence-electron chi connectivity index (χ4n) is 7.77. The van der Waals surface area contributed by atoms with Crippen molar-refractivity contribution < 1.29 is 42.9 Å². The number of aliphatic carboxylic acids is 1. The lowest BCUT2D eigenvalue weighted by Gasteiger charge is -2.26. The van der Waals surface area contributed by atoms with Crippen molar-refractivity contribution in [2.75, 3.05) is 47.5 Å². The van der Waals surface area contributed by atoms with Crippen molar-refractivity contribution in [1.82, 2.24) is 0 Å². The Morgan fingerprint density at radius 2 is 0.738 bits per heavy atom. The Morgan fingerprint density at radius 1 is 0.426 bits per heavy atom. The first-order chi connectivity index (χ1) is 29.6. The number of carboxylic acids is 1. The zero-order valence-electron chi connectivity index (χ0n) is 41.1. The van der Waals surface area contributed by atoms with E-state index in [2.05, 4.69) is 13.8 Å². The number of ether oxygens (including phenoxy) is 4. The van der Waals surface area contributed by atoms with E-state index in [1.807, 2.05) is 21.1 Å². The highest BCUT2D eigenvalue weighted by atomic mass is 16.7. The monoisotopic (exact) mass is 868 g/mol. The van der Waals surface area contributed by atoms with Gasteiger partial charge in [-0.25, -0.2) is 0 Å². The number of carbonyl (C=O) groups is 3. The average Bonchev–Trinajstić information content (AvgIpc) is 3.22. The molecule has 0 aliphatic carbocycles. The molecule has 0 radical (unpaired) electrons. The Kier molecular flexibility index (Phi) is 43.6. The SMILES string of the molecule is CCCCCCCCCCCCCCCCCCCCCCCCCCCCCCC(=O)OC(COC(=O)CCCCCCCCCC)COC(OCC[N+](C)(C)C)C(=O)[O-]. The highest BCUT2D eigenvalue weighted by molar-refractivity contribution is 5.70. The van der Waals surface area contributed by atoms with Crippen LogP contribution in [0.1, 0.15) is 258 Å². The van der Waals surface area contributed by atoms with Crippen LogP contribution in [0.5, 0.6) is 0 Å². The Hall–Kier alpha value is -1.71. The van der Waals surface area contributed by atoms with Gasteiger partial charge in [-0.05, 0) is 12.8 Å². The number of hydrogen-bond donors (Lipinski definition) is 0. The molecule has 0 rings (SSSR count). The summed E-state index contributed by atoms with van der Waals surface area (Å²) in [6.07, 6.45) is 44.6. The molecule has 0 saturated heterocycles. The van der Waals surface area contributed by atoms with E-state index in [0.29, 0.717) is 17.4 Å². The lowest BCUT2D eigenvalue weighted by Crippen LogP contribution is -2.44. The summed E-state index contributed by atoms with van der Waals surface area (Å²) in [5.41, 5.74) is 0. The van der Waals surface area contributed by atoms with Crippen molar-refractivity contribution in [2.45, 2.75) is 270 Å². The quantitative estimate of drug-likeness (QED) is 0.0257. The lowest BCUT2D eigenvalue weighted by molar-refractivity contribution is -0.870. The van der Waals surface area contributed by atoms with E-state index in [-0.39, 0.29) is 32.2 Å². The van der Waals surface area contributed by atoms with Gasteiger partial charge >= 0.3 is 11.9 Å². The summed E-state index contributed by atoms with van der Waals surface area (Å²) in [6.45, 7) is 4.75. The summed E-state index contributed by atoms with van der Waals surface area (Å²) in [4.78, 5) is 36.9. The number of hydrogen-bond acceptors (Lipinski definition) is 8. The molecule has 0 N–H and O–H groups in total. The van der Waals surface area contributed by atoms with E-state index in [9.17, 15) is 19.5 Å². The van der Waals surface area contributed by atoms with Gasteiger partial charge in [0.1, 0.15) is 13.2 Å². The highest BCUT2D eigenvalue weighted by Gasteiger charge is 2.22. The minimum absolute atomic E-state index is 0.153. The van der Waals surface area contributed by atoms with Gasteiger partial charge in [0.05, 0.1) is 40.3 Å². The molecule has 0 amide bonds. The van der Waals surface area contributed by atoms with E-state index < -0.39 is 24.3 Å². The van der Waals surface area contributed by atoms with Crippen molar-refractivity contribution in [1.29, 1.82) is 0 Å². The Balaban J connectivity index is 4.03. The van der Waals surface area contributed by atoms with Gasteiger partial charge < -0.3 is 33.3 Å². The van der Waals surface area contributed by atoms with Gasteiger partial charge in [0, 0.05) is 12.8 Å². The summed E-state index contributed by atoms with van der Waals surface area (Å²) in [5, 5.41) is 11.7. The van der Waals surface area contributed by atoms with Crippen molar-refractivity contribution in [3.05, 3.63) is 0 Å². The second-order valence-corrected chi connectivity index (χ2v) is 19.2. The van der Waals surface area contributed by atoms with Gasteiger partial charge in [-0.2, -0.15) is 0 Å². The van der Waals surface area contributed by atoms with Gasteiger partial charge in [-0.15, -0.1) is 0 Å². The first-order valence-electron chi connectivity index (χ1n) is 26.2. The van der Waals surface area contributed by atoms with Crippen LogP contribution in [0.3, 0.4) is 0 Å². The van der Waals surface area contributed by atoms with E-state index in [1.165, 1.54) is 193 Å². The van der Waals surface area contributed by atoms with Crippen LogP contribution in [0.4, 0.5) is 0 Å². The Morgan fingerprint density at radius 3 is 1.05 bits per heavy atom. The predicted molar refractivity (Wildman–Crippen MR) is 251 cm³/mol. The molecule has 9 nitrogen and oxygen atoms in total. The third kappa shape index (κ3) is 46.1. The third-order valence-corrected chi connectivity index (χ3v) is 11.9. The molecule has 2 atom stereocenters. The molecular weight excluding hydrogens is 767 g/mol. The van der Waals surface area contributed by atoms with Crippen LogP contribution in [-0.2, 0) is 33.3 Å². The van der Waals surface area contributed by atoms with E-state index in [0.717, 1.165) is 38.5 Å². The standard InChI is InChI=1S/C52H101NO8/c1-6-8-10-12-14-16-17-18-19-20-21-22-23-24-25-26-27-28-29-30-31-32-33-34-35-37-39-41-43-50(55)61-48(47-60-52(51(56)57)58-45-44-53(3,4)5)46-59-49(54)42-40-38-36-15-13-11-9-7-2/h48,52H,6-47H2,1-5H3. The van der Waals surface area contributed by atoms with E-state index in [4.69, 9.17) is 18.9 Å². The molecule has 0 heterocycles. The Labute approximate surface area is 377 Å².